The lowest BCUT2D eigenvalue weighted by Gasteiger charge is -2.13. The molecule has 0 aliphatic heterocycles. The molecule has 148 valence electrons. The van der Waals surface area contributed by atoms with E-state index >= 15 is 0 Å². The van der Waals surface area contributed by atoms with E-state index in [2.05, 4.69) is 9.71 Å². The minimum atomic E-state index is -3.86. The third kappa shape index (κ3) is 3.74. The molecule has 0 saturated carbocycles. The number of sulfonamides is 1. The Balaban J connectivity index is 1.67. The van der Waals surface area contributed by atoms with Gasteiger partial charge >= 0.3 is 0 Å². The number of ether oxygens (including phenoxy) is 2. The summed E-state index contributed by atoms with van der Waals surface area (Å²) in [4.78, 5) is 4.60. The Morgan fingerprint density at radius 2 is 1.83 bits per heavy atom. The predicted molar refractivity (Wildman–Crippen MR) is 111 cm³/mol. The van der Waals surface area contributed by atoms with Crippen molar-refractivity contribution in [1.29, 1.82) is 0 Å². The van der Waals surface area contributed by atoms with Gasteiger partial charge in [0.25, 0.3) is 10.0 Å². The zero-order chi connectivity index (χ0) is 20.4. The van der Waals surface area contributed by atoms with E-state index in [1.54, 1.807) is 24.3 Å². The van der Waals surface area contributed by atoms with Gasteiger partial charge in [0, 0.05) is 29.7 Å². The van der Waals surface area contributed by atoms with Gasteiger partial charge in [-0.05, 0) is 36.4 Å². The van der Waals surface area contributed by atoms with Crippen molar-refractivity contribution in [3.8, 4) is 22.8 Å². The third-order valence-electron chi connectivity index (χ3n) is 4.43. The van der Waals surface area contributed by atoms with E-state index in [0.29, 0.717) is 11.4 Å². The number of anilines is 1. The minimum absolute atomic E-state index is 0.0268. The molecule has 0 aliphatic carbocycles. The summed E-state index contributed by atoms with van der Waals surface area (Å²) < 4.78 is 40.7. The molecule has 1 N–H and O–H groups in total. The number of benzene rings is 2. The Kier molecular flexibility index (Phi) is 4.85. The maximum atomic E-state index is 12.9. The van der Waals surface area contributed by atoms with Crippen LogP contribution in [-0.2, 0) is 10.0 Å². The molecule has 0 saturated heterocycles. The van der Waals surface area contributed by atoms with E-state index in [9.17, 15) is 8.42 Å². The maximum absolute atomic E-state index is 12.9. The third-order valence-corrected chi connectivity index (χ3v) is 5.86. The lowest BCUT2D eigenvalue weighted by molar-refractivity contribution is 0.386. The summed E-state index contributed by atoms with van der Waals surface area (Å²) in [6.45, 7) is 0. The van der Waals surface area contributed by atoms with Crippen LogP contribution in [0.3, 0.4) is 0 Å². The molecule has 0 aliphatic rings. The second kappa shape index (κ2) is 7.48. The number of aromatic nitrogens is 2. The Hall–Kier alpha value is -3.52. The number of methoxy groups -OCH3 is 2. The summed E-state index contributed by atoms with van der Waals surface area (Å²) >= 11 is 0. The SMILES string of the molecule is COc1ccc(S(=O)(=O)Nc2cccc(-c3cn4ccccc4n3)c2)c(OC)c1. The number of fused-ring (bicyclic) bond motifs is 1. The first-order chi connectivity index (χ1) is 14.0. The van der Waals surface area contributed by atoms with Crippen molar-refractivity contribution in [3.63, 3.8) is 0 Å². The van der Waals surface area contributed by atoms with E-state index in [-0.39, 0.29) is 10.6 Å². The molecule has 0 atom stereocenters. The van der Waals surface area contributed by atoms with Crippen LogP contribution in [0.25, 0.3) is 16.9 Å². The topological polar surface area (TPSA) is 81.9 Å². The first-order valence-corrected chi connectivity index (χ1v) is 10.3. The van der Waals surface area contributed by atoms with Gasteiger partial charge in [-0.15, -0.1) is 0 Å². The highest BCUT2D eigenvalue weighted by Gasteiger charge is 2.20. The van der Waals surface area contributed by atoms with Crippen LogP contribution in [0, 0.1) is 0 Å². The molecule has 2 aromatic carbocycles. The minimum Gasteiger partial charge on any atom is -0.497 e. The standard InChI is InChI=1S/C21H19N3O4S/c1-27-17-9-10-20(19(13-17)28-2)29(25,26)23-16-7-5-6-15(12-16)18-14-24-11-4-3-8-21(24)22-18/h3-14,23H,1-2H3. The molecule has 0 unspecified atom stereocenters. The van der Waals surface area contributed by atoms with E-state index in [4.69, 9.17) is 9.47 Å². The Morgan fingerprint density at radius 3 is 2.59 bits per heavy atom. The molecule has 0 amide bonds. The van der Waals surface area contributed by atoms with Gasteiger partial charge in [0.2, 0.25) is 0 Å². The molecule has 2 aromatic heterocycles. The van der Waals surface area contributed by atoms with Crippen molar-refractivity contribution in [1.82, 2.24) is 9.38 Å². The van der Waals surface area contributed by atoms with Gasteiger partial charge in [-0.2, -0.15) is 0 Å². The van der Waals surface area contributed by atoms with Gasteiger partial charge < -0.3 is 13.9 Å². The summed E-state index contributed by atoms with van der Waals surface area (Å²) in [6, 6.07) is 17.4. The molecule has 7 nitrogen and oxygen atoms in total. The quantitative estimate of drug-likeness (QED) is 0.524. The second-order valence-electron chi connectivity index (χ2n) is 6.30. The normalized spacial score (nSPS) is 11.4. The molecule has 29 heavy (non-hydrogen) atoms. The fraction of sp³-hybridized carbons (Fsp3) is 0.0952. The first-order valence-electron chi connectivity index (χ1n) is 8.79. The molecule has 4 rings (SSSR count). The Bertz CT molecular complexity index is 1250. The van der Waals surface area contributed by atoms with Crippen LogP contribution in [0.15, 0.2) is 78.0 Å². The molecule has 8 heteroatoms. The molecule has 2 heterocycles. The summed E-state index contributed by atoms with van der Waals surface area (Å²) in [6.07, 6.45) is 3.81. The Morgan fingerprint density at radius 1 is 0.966 bits per heavy atom. The van der Waals surface area contributed by atoms with Gasteiger partial charge in [-0.1, -0.05) is 18.2 Å². The zero-order valence-electron chi connectivity index (χ0n) is 15.9. The van der Waals surface area contributed by atoms with Crippen LogP contribution < -0.4 is 14.2 Å². The zero-order valence-corrected chi connectivity index (χ0v) is 16.7. The smallest absolute Gasteiger partial charge is 0.265 e. The predicted octanol–water partition coefficient (Wildman–Crippen LogP) is 3.82. The Labute approximate surface area is 168 Å². The summed E-state index contributed by atoms with van der Waals surface area (Å²) in [5.74, 6) is 0.711. The van der Waals surface area contributed by atoms with Crippen molar-refractivity contribution < 1.29 is 17.9 Å². The van der Waals surface area contributed by atoms with Crippen LogP contribution in [-0.4, -0.2) is 32.0 Å². The van der Waals surface area contributed by atoms with E-state index in [0.717, 1.165) is 16.9 Å². The number of imidazole rings is 1. The number of hydrogen-bond acceptors (Lipinski definition) is 5. The van der Waals surface area contributed by atoms with E-state index < -0.39 is 10.0 Å². The molecule has 0 fully saturated rings. The number of rotatable bonds is 6. The van der Waals surface area contributed by atoms with Crippen LogP contribution in [0.5, 0.6) is 11.5 Å². The van der Waals surface area contributed by atoms with E-state index in [1.165, 1.54) is 26.4 Å². The molecule has 0 spiro atoms. The van der Waals surface area contributed by atoms with Crippen LogP contribution in [0.2, 0.25) is 0 Å². The van der Waals surface area contributed by atoms with Gasteiger partial charge in [-0.25, -0.2) is 13.4 Å². The number of pyridine rings is 1. The highest BCUT2D eigenvalue weighted by Crippen LogP contribution is 2.30. The molecule has 4 aromatic rings. The van der Waals surface area contributed by atoms with Gasteiger partial charge in [0.15, 0.2) is 0 Å². The first kappa shape index (κ1) is 18.8. The van der Waals surface area contributed by atoms with Crippen LogP contribution in [0.1, 0.15) is 0 Å². The van der Waals surface area contributed by atoms with Crippen molar-refractivity contribution in [2.24, 2.45) is 0 Å². The second-order valence-corrected chi connectivity index (χ2v) is 7.95. The lowest BCUT2D eigenvalue weighted by atomic mass is 10.1. The summed E-state index contributed by atoms with van der Waals surface area (Å²) in [7, 11) is -0.940. The molecule has 0 radical (unpaired) electrons. The largest absolute Gasteiger partial charge is 0.497 e. The van der Waals surface area contributed by atoms with Crippen molar-refractivity contribution in [2.45, 2.75) is 4.90 Å². The average molecular weight is 409 g/mol. The van der Waals surface area contributed by atoms with E-state index in [1.807, 2.05) is 41.1 Å². The molecular weight excluding hydrogens is 390 g/mol. The van der Waals surface area contributed by atoms with Crippen LogP contribution in [0.4, 0.5) is 5.69 Å². The number of nitrogens with zero attached hydrogens (tertiary/aromatic N) is 2. The average Bonchev–Trinajstić information content (AvgIpc) is 3.17. The monoisotopic (exact) mass is 409 g/mol. The molecular formula is C21H19N3O4S. The van der Waals surface area contributed by atoms with Crippen LogP contribution >= 0.6 is 0 Å². The van der Waals surface area contributed by atoms with Crippen molar-refractivity contribution in [2.75, 3.05) is 18.9 Å². The highest BCUT2D eigenvalue weighted by atomic mass is 32.2. The fourth-order valence-electron chi connectivity index (χ4n) is 3.02. The van der Waals surface area contributed by atoms with Gasteiger partial charge in [0.05, 0.1) is 19.9 Å². The van der Waals surface area contributed by atoms with Crippen molar-refractivity contribution in [3.05, 3.63) is 73.1 Å². The summed E-state index contributed by atoms with van der Waals surface area (Å²) in [5, 5.41) is 0. The van der Waals surface area contributed by atoms with Gasteiger partial charge in [-0.3, -0.25) is 4.72 Å². The maximum Gasteiger partial charge on any atom is 0.265 e. The molecule has 0 bridgehead atoms. The number of nitrogens with one attached hydrogen (secondary N) is 1. The fourth-order valence-corrected chi connectivity index (χ4v) is 4.22. The summed E-state index contributed by atoms with van der Waals surface area (Å²) in [5.41, 5.74) is 2.80. The van der Waals surface area contributed by atoms with Gasteiger partial charge in [0.1, 0.15) is 22.0 Å². The van der Waals surface area contributed by atoms with Crippen molar-refractivity contribution >= 4 is 21.4 Å². The lowest BCUT2D eigenvalue weighted by Crippen LogP contribution is -2.14. The highest BCUT2D eigenvalue weighted by molar-refractivity contribution is 7.92. The number of hydrogen-bond donors (Lipinski definition) is 1.